The molecule has 2 aromatic heterocycles. The lowest BCUT2D eigenvalue weighted by molar-refractivity contribution is 0.0544. The van der Waals surface area contributed by atoms with Gasteiger partial charge >= 0.3 is 6.09 Å². The van der Waals surface area contributed by atoms with Crippen LogP contribution in [-0.4, -0.2) is 21.2 Å². The Morgan fingerprint density at radius 1 is 1.44 bits per heavy atom. The fourth-order valence-corrected chi connectivity index (χ4v) is 2.02. The largest absolute Gasteiger partial charge is 0.443 e. The number of fused-ring (bicyclic) bond motifs is 1. The Morgan fingerprint density at radius 3 is 2.72 bits per heavy atom. The Balaban J connectivity index is 2.51. The molecule has 2 aromatic rings. The molecule has 0 N–H and O–H groups in total. The zero-order valence-electron chi connectivity index (χ0n) is 10.8. The maximum atomic E-state index is 12.1. The molecule has 0 saturated carbocycles. The van der Waals surface area contributed by atoms with Crippen LogP contribution in [0.3, 0.4) is 0 Å². The Hall–Kier alpha value is -1.36. The lowest BCUT2D eigenvalue weighted by Gasteiger charge is -2.19. The summed E-state index contributed by atoms with van der Waals surface area (Å²) in [5.41, 5.74) is 1.99. The lowest BCUT2D eigenvalue weighted by atomic mass is 10.2. The van der Waals surface area contributed by atoms with Crippen LogP contribution in [0.15, 0.2) is 22.9 Å². The molecular weight excluding hydrogens is 296 g/mol. The number of aryl methyl sites for hydroxylation is 1. The number of ether oxygens (including phenoxy) is 1. The van der Waals surface area contributed by atoms with Crippen molar-refractivity contribution < 1.29 is 9.53 Å². The van der Waals surface area contributed by atoms with E-state index in [1.54, 1.807) is 12.4 Å². The molecule has 0 radical (unpaired) electrons. The SMILES string of the molecule is Cc1cn(C(=O)OC(C)(C)C)c2cc(Br)cnc12. The van der Waals surface area contributed by atoms with Crippen LogP contribution in [0, 0.1) is 6.92 Å². The van der Waals surface area contributed by atoms with E-state index in [0.29, 0.717) is 0 Å². The monoisotopic (exact) mass is 310 g/mol. The van der Waals surface area contributed by atoms with Gasteiger partial charge in [0.15, 0.2) is 0 Å². The first-order chi connectivity index (χ1) is 8.28. The Kier molecular flexibility index (Phi) is 3.19. The molecule has 18 heavy (non-hydrogen) atoms. The smallest absolute Gasteiger partial charge is 0.419 e. The maximum Gasteiger partial charge on any atom is 0.419 e. The minimum Gasteiger partial charge on any atom is -0.443 e. The molecule has 0 fully saturated rings. The predicted octanol–water partition coefficient (Wildman–Crippen LogP) is 3.89. The Labute approximate surface area is 114 Å². The van der Waals surface area contributed by atoms with E-state index >= 15 is 0 Å². The van der Waals surface area contributed by atoms with Crippen molar-refractivity contribution in [3.8, 4) is 0 Å². The molecule has 0 spiro atoms. The molecule has 4 nitrogen and oxygen atoms in total. The number of halogens is 1. The van der Waals surface area contributed by atoms with Crippen LogP contribution in [0.5, 0.6) is 0 Å². The summed E-state index contributed by atoms with van der Waals surface area (Å²) in [6.07, 6.45) is 3.08. The molecule has 0 aliphatic carbocycles. The van der Waals surface area contributed by atoms with Crippen LogP contribution >= 0.6 is 15.9 Å². The summed E-state index contributed by atoms with van der Waals surface area (Å²) in [7, 11) is 0. The summed E-state index contributed by atoms with van der Waals surface area (Å²) in [6.45, 7) is 7.46. The number of carbonyl (C=O) groups excluding carboxylic acids is 1. The highest BCUT2D eigenvalue weighted by atomic mass is 79.9. The van der Waals surface area contributed by atoms with Crippen molar-refractivity contribution in [1.29, 1.82) is 0 Å². The molecule has 0 saturated heterocycles. The fraction of sp³-hybridized carbons (Fsp3) is 0.385. The van der Waals surface area contributed by atoms with Crippen LogP contribution in [-0.2, 0) is 4.74 Å². The number of aromatic nitrogens is 2. The quantitative estimate of drug-likeness (QED) is 0.741. The van der Waals surface area contributed by atoms with Crippen LogP contribution in [0.25, 0.3) is 11.0 Å². The molecule has 0 bridgehead atoms. The van der Waals surface area contributed by atoms with Crippen molar-refractivity contribution in [2.24, 2.45) is 0 Å². The average Bonchev–Trinajstić information content (AvgIpc) is 2.53. The van der Waals surface area contributed by atoms with E-state index in [4.69, 9.17) is 4.74 Å². The van der Waals surface area contributed by atoms with Crippen molar-refractivity contribution in [2.45, 2.75) is 33.3 Å². The Bertz CT molecular complexity index is 611. The van der Waals surface area contributed by atoms with Crippen molar-refractivity contribution in [2.75, 3.05) is 0 Å². The van der Waals surface area contributed by atoms with Crippen molar-refractivity contribution >= 4 is 33.1 Å². The summed E-state index contributed by atoms with van der Waals surface area (Å²) < 4.78 is 7.69. The van der Waals surface area contributed by atoms with Crippen LogP contribution in [0.2, 0.25) is 0 Å². The average molecular weight is 311 g/mol. The number of rotatable bonds is 0. The van der Waals surface area contributed by atoms with Crippen LogP contribution in [0.4, 0.5) is 4.79 Å². The third-order valence-electron chi connectivity index (χ3n) is 2.38. The summed E-state index contributed by atoms with van der Waals surface area (Å²) in [5.74, 6) is 0. The Morgan fingerprint density at radius 2 is 2.11 bits per heavy atom. The van der Waals surface area contributed by atoms with Gasteiger partial charge in [-0.25, -0.2) is 4.79 Å². The number of carbonyl (C=O) groups is 1. The highest BCUT2D eigenvalue weighted by molar-refractivity contribution is 9.10. The second-order valence-corrected chi connectivity index (χ2v) is 6.10. The summed E-state index contributed by atoms with van der Waals surface area (Å²) >= 11 is 3.36. The van der Waals surface area contributed by atoms with Gasteiger partial charge in [-0.3, -0.25) is 9.55 Å². The van der Waals surface area contributed by atoms with Gasteiger partial charge in [0.05, 0.1) is 11.0 Å². The first kappa shape index (κ1) is 13.1. The van der Waals surface area contributed by atoms with E-state index < -0.39 is 5.60 Å². The van der Waals surface area contributed by atoms with Gasteiger partial charge in [0.25, 0.3) is 0 Å². The molecule has 96 valence electrons. The van der Waals surface area contributed by atoms with E-state index in [1.807, 2.05) is 33.8 Å². The van der Waals surface area contributed by atoms with Crippen molar-refractivity contribution in [3.05, 3.63) is 28.5 Å². The summed E-state index contributed by atoms with van der Waals surface area (Å²) in [5, 5.41) is 0. The standard InChI is InChI=1S/C13H15BrN2O2/c1-8-7-16(12(17)18-13(2,3)4)10-5-9(14)6-15-11(8)10/h5-7H,1-4H3. The molecule has 0 unspecified atom stereocenters. The van der Waals surface area contributed by atoms with Gasteiger partial charge in [-0.2, -0.15) is 0 Å². The molecule has 0 aliphatic rings. The first-order valence-electron chi connectivity index (χ1n) is 5.64. The van der Waals surface area contributed by atoms with Gasteiger partial charge < -0.3 is 4.74 Å². The highest BCUT2D eigenvalue weighted by Crippen LogP contribution is 2.23. The van der Waals surface area contributed by atoms with E-state index in [2.05, 4.69) is 20.9 Å². The molecular formula is C13H15BrN2O2. The lowest BCUT2D eigenvalue weighted by Crippen LogP contribution is -2.26. The molecule has 2 heterocycles. The van der Waals surface area contributed by atoms with E-state index in [-0.39, 0.29) is 6.09 Å². The molecule has 5 heteroatoms. The first-order valence-corrected chi connectivity index (χ1v) is 6.44. The third kappa shape index (κ3) is 2.56. The molecule has 0 aromatic carbocycles. The summed E-state index contributed by atoms with van der Waals surface area (Å²) in [4.78, 5) is 16.4. The third-order valence-corrected chi connectivity index (χ3v) is 2.81. The normalized spacial score (nSPS) is 11.8. The molecule has 0 aliphatic heterocycles. The van der Waals surface area contributed by atoms with Gasteiger partial charge in [-0.15, -0.1) is 0 Å². The zero-order chi connectivity index (χ0) is 13.5. The van der Waals surface area contributed by atoms with Gasteiger partial charge in [0, 0.05) is 16.9 Å². The maximum absolute atomic E-state index is 12.1. The van der Waals surface area contributed by atoms with Gasteiger partial charge in [0.1, 0.15) is 5.60 Å². The second kappa shape index (κ2) is 4.39. The van der Waals surface area contributed by atoms with Gasteiger partial charge in [-0.05, 0) is 55.3 Å². The van der Waals surface area contributed by atoms with Gasteiger partial charge in [-0.1, -0.05) is 0 Å². The topological polar surface area (TPSA) is 44.1 Å². The highest BCUT2D eigenvalue weighted by Gasteiger charge is 2.20. The van der Waals surface area contributed by atoms with E-state index in [0.717, 1.165) is 21.1 Å². The van der Waals surface area contributed by atoms with Crippen LogP contribution < -0.4 is 0 Å². The minimum absolute atomic E-state index is 0.388. The molecule has 2 rings (SSSR count). The molecule has 0 atom stereocenters. The van der Waals surface area contributed by atoms with Crippen molar-refractivity contribution in [3.63, 3.8) is 0 Å². The van der Waals surface area contributed by atoms with E-state index in [9.17, 15) is 4.79 Å². The van der Waals surface area contributed by atoms with Gasteiger partial charge in [0.2, 0.25) is 0 Å². The number of hydrogen-bond acceptors (Lipinski definition) is 3. The zero-order valence-corrected chi connectivity index (χ0v) is 12.4. The van der Waals surface area contributed by atoms with Crippen LogP contribution in [0.1, 0.15) is 26.3 Å². The fourth-order valence-electron chi connectivity index (χ4n) is 1.70. The number of nitrogens with zero attached hydrogens (tertiary/aromatic N) is 2. The summed E-state index contributed by atoms with van der Waals surface area (Å²) in [6, 6.07) is 1.86. The second-order valence-electron chi connectivity index (χ2n) is 5.18. The predicted molar refractivity (Wildman–Crippen MR) is 73.8 cm³/mol. The number of hydrogen-bond donors (Lipinski definition) is 0. The number of pyridine rings is 1. The minimum atomic E-state index is -0.513. The van der Waals surface area contributed by atoms with Crippen molar-refractivity contribution in [1.82, 2.24) is 9.55 Å². The molecule has 0 amide bonds. The van der Waals surface area contributed by atoms with E-state index in [1.165, 1.54) is 4.57 Å².